The molecule has 2 saturated heterocycles. The Morgan fingerprint density at radius 3 is 2.37 bits per heavy atom. The van der Waals surface area contributed by atoms with Crippen LogP contribution in [-0.4, -0.2) is 132 Å². The highest BCUT2D eigenvalue weighted by Crippen LogP contribution is 2.38. The van der Waals surface area contributed by atoms with Crippen LogP contribution >= 0.6 is 0 Å². The van der Waals surface area contributed by atoms with Crippen molar-refractivity contribution in [2.24, 2.45) is 17.6 Å². The van der Waals surface area contributed by atoms with E-state index in [9.17, 15) is 50.4 Å². The van der Waals surface area contributed by atoms with Gasteiger partial charge in [0.2, 0.25) is 0 Å². The number of hydrogen-bond acceptors (Lipinski definition) is 14. The van der Waals surface area contributed by atoms with Crippen LogP contribution < -0.4 is 5.73 Å². The van der Waals surface area contributed by atoms with Gasteiger partial charge in [-0.2, -0.15) is 0 Å². The Labute approximate surface area is 286 Å². The van der Waals surface area contributed by atoms with Crippen molar-refractivity contribution in [1.29, 1.82) is 0 Å². The van der Waals surface area contributed by atoms with E-state index in [1.165, 1.54) is 6.08 Å². The van der Waals surface area contributed by atoms with Gasteiger partial charge in [-0.25, -0.2) is 4.79 Å². The lowest BCUT2D eigenvalue weighted by molar-refractivity contribution is -0.305. The van der Waals surface area contributed by atoms with E-state index in [1.807, 2.05) is 6.92 Å². The van der Waals surface area contributed by atoms with Crippen LogP contribution in [0.2, 0.25) is 0 Å². The summed E-state index contributed by atoms with van der Waals surface area (Å²) in [5.41, 5.74) is 5.85. The van der Waals surface area contributed by atoms with Gasteiger partial charge in [-0.3, -0.25) is 4.79 Å². The smallest absolute Gasteiger partial charge is 0.330 e. The zero-order chi connectivity index (χ0) is 36.9. The van der Waals surface area contributed by atoms with Crippen molar-refractivity contribution in [1.82, 2.24) is 0 Å². The van der Waals surface area contributed by atoms with E-state index in [-0.39, 0.29) is 18.9 Å². The zero-order valence-corrected chi connectivity index (χ0v) is 28.0. The minimum Gasteiger partial charge on any atom is -0.481 e. The molecular weight excluding hydrogens is 646 g/mol. The molecule has 0 amide bonds. The van der Waals surface area contributed by atoms with Crippen LogP contribution in [0.15, 0.2) is 61.3 Å². The first-order valence-electron chi connectivity index (χ1n) is 16.2. The average Bonchev–Trinajstić information content (AvgIpc) is 3.02. The van der Waals surface area contributed by atoms with Crippen LogP contribution in [0, 0.1) is 11.8 Å². The molecule has 14 atom stereocenters. The number of aliphatic carboxylic acids is 1. The first kappa shape index (κ1) is 42.4. The maximum absolute atomic E-state index is 12.2. The molecule has 0 bridgehead atoms. The lowest BCUT2D eigenvalue weighted by atomic mass is 9.82. The molecule has 2 rings (SSSR count). The van der Waals surface area contributed by atoms with Gasteiger partial charge in [-0.15, -0.1) is 6.58 Å². The summed E-state index contributed by atoms with van der Waals surface area (Å²) < 4.78 is 22.3. The van der Waals surface area contributed by atoms with Gasteiger partial charge in [0, 0.05) is 37.7 Å². The van der Waals surface area contributed by atoms with E-state index in [4.69, 9.17) is 24.7 Å². The third-order valence-electron chi connectivity index (χ3n) is 8.48. The Hall–Kier alpha value is -2.80. The molecule has 0 aromatic carbocycles. The van der Waals surface area contributed by atoms with E-state index in [1.54, 1.807) is 50.3 Å². The molecule has 15 nitrogen and oxygen atoms in total. The zero-order valence-electron chi connectivity index (χ0n) is 28.0. The molecule has 2 aliphatic rings. The van der Waals surface area contributed by atoms with E-state index in [0.29, 0.717) is 0 Å². The minimum atomic E-state index is -2.27. The van der Waals surface area contributed by atoms with E-state index >= 15 is 0 Å². The largest absolute Gasteiger partial charge is 0.481 e. The maximum atomic E-state index is 12.2. The summed E-state index contributed by atoms with van der Waals surface area (Å²) in [4.78, 5) is 24.3. The predicted octanol–water partition coefficient (Wildman–Crippen LogP) is -0.432. The molecule has 10 N–H and O–H groups in total. The second kappa shape index (κ2) is 20.1. The monoisotopic (exact) mass is 699 g/mol. The number of rotatable bonds is 18. The van der Waals surface area contributed by atoms with Gasteiger partial charge in [-0.05, 0) is 19.9 Å². The molecule has 0 spiro atoms. The van der Waals surface area contributed by atoms with Crippen LogP contribution in [0.5, 0.6) is 0 Å². The van der Waals surface area contributed by atoms with Crippen LogP contribution in [0.25, 0.3) is 0 Å². The number of aliphatic hydroxyl groups excluding tert-OH is 6. The summed E-state index contributed by atoms with van der Waals surface area (Å²) in [6, 6.07) is -1.09. The third kappa shape index (κ3) is 13.4. The molecule has 4 unspecified atom stereocenters. The minimum absolute atomic E-state index is 0.118. The van der Waals surface area contributed by atoms with Crippen LogP contribution in [0.3, 0.4) is 0 Å². The molecule has 49 heavy (non-hydrogen) atoms. The van der Waals surface area contributed by atoms with Crippen LogP contribution in [-0.2, 0) is 28.5 Å². The van der Waals surface area contributed by atoms with Crippen molar-refractivity contribution < 1.29 is 69.4 Å². The van der Waals surface area contributed by atoms with Gasteiger partial charge in [0.1, 0.15) is 18.1 Å². The Morgan fingerprint density at radius 1 is 1.06 bits per heavy atom. The van der Waals surface area contributed by atoms with Gasteiger partial charge < -0.3 is 65.5 Å². The molecule has 0 aromatic heterocycles. The van der Waals surface area contributed by atoms with E-state index in [0.717, 1.165) is 12.2 Å². The SMILES string of the molecule is C=C[C@H](C)[C@@H](C)OC(=O)/C=C/C(O)[C@H](O)CC(O)CC1(O)C[C@H](O)[C@@H](C(=O)O)[C@H](C[C@H](/C=C/C=C/C=C/C)OC2OC[C@@H](O)[C@H](N)[C@@H]2O)O1. The number of ether oxygens (including phenoxy) is 4. The number of aliphatic hydroxyl groups is 7. The molecule has 0 radical (unpaired) electrons. The fourth-order valence-corrected chi connectivity index (χ4v) is 5.39. The Kier molecular flexibility index (Phi) is 17.4. The summed E-state index contributed by atoms with van der Waals surface area (Å²) in [6.45, 7) is 8.69. The molecule has 0 saturated carbocycles. The number of allylic oxidation sites excluding steroid dienone is 5. The summed E-state index contributed by atoms with van der Waals surface area (Å²) in [7, 11) is 0. The lowest BCUT2D eigenvalue weighted by Crippen LogP contribution is -2.59. The first-order valence-corrected chi connectivity index (χ1v) is 16.2. The van der Waals surface area contributed by atoms with Crippen molar-refractivity contribution in [3.8, 4) is 0 Å². The number of hydrogen-bond donors (Lipinski definition) is 9. The third-order valence-corrected chi connectivity index (χ3v) is 8.48. The molecule has 2 heterocycles. The van der Waals surface area contributed by atoms with Gasteiger partial charge in [0.25, 0.3) is 0 Å². The number of carbonyl (C=O) groups is 2. The number of esters is 1. The highest BCUT2D eigenvalue weighted by molar-refractivity contribution is 5.82. The van der Waals surface area contributed by atoms with Gasteiger partial charge in [-0.1, -0.05) is 49.5 Å². The highest BCUT2D eigenvalue weighted by Gasteiger charge is 2.50. The standard InChI is InChI=1S/C34H53NO14/c1-5-7-8-9-10-11-22(48-33-31(42)30(35)26(40)18-46-33)15-27-29(32(43)44)25(39)17-34(45,49-27)16-21(36)14-24(38)23(37)12-13-28(41)47-20(4)19(3)6-2/h5-13,19-27,29-31,33,36-40,42,45H,2,14-18,35H2,1,3-4H3,(H,43,44)/b7-5+,9-8+,11-10+,13-12+/t19-,20+,21?,22-,23?,24+,25-,26+,27-,29+,30-,31-,33?,34?/m0/s1. The Morgan fingerprint density at radius 2 is 1.73 bits per heavy atom. The number of carbonyl (C=O) groups excluding carboxylic acids is 1. The average molecular weight is 700 g/mol. The molecule has 2 fully saturated rings. The predicted molar refractivity (Wildman–Crippen MR) is 175 cm³/mol. The Balaban J connectivity index is 2.17. The van der Waals surface area contributed by atoms with Gasteiger partial charge in [0.05, 0.1) is 55.4 Å². The van der Waals surface area contributed by atoms with Crippen LogP contribution in [0.1, 0.15) is 46.5 Å². The maximum Gasteiger partial charge on any atom is 0.330 e. The number of nitrogens with two attached hydrogens (primary N) is 1. The van der Waals surface area contributed by atoms with E-state index < -0.39 is 110 Å². The highest BCUT2D eigenvalue weighted by atomic mass is 16.7. The molecular formula is C34H53NO14. The number of carboxylic acid groups (broad SMARTS) is 1. The van der Waals surface area contributed by atoms with Crippen molar-refractivity contribution in [3.05, 3.63) is 61.3 Å². The molecule has 0 aromatic rings. The van der Waals surface area contributed by atoms with E-state index in [2.05, 4.69) is 6.58 Å². The second-order valence-electron chi connectivity index (χ2n) is 12.5. The fourth-order valence-electron chi connectivity index (χ4n) is 5.39. The summed E-state index contributed by atoms with van der Waals surface area (Å²) in [5.74, 6) is -6.11. The van der Waals surface area contributed by atoms with Crippen molar-refractivity contribution in [3.63, 3.8) is 0 Å². The van der Waals surface area contributed by atoms with Crippen LogP contribution in [0.4, 0.5) is 0 Å². The van der Waals surface area contributed by atoms with Gasteiger partial charge in [0.15, 0.2) is 12.1 Å². The summed E-state index contributed by atoms with van der Waals surface area (Å²) >= 11 is 0. The normalized spacial score (nSPS) is 33.4. The lowest BCUT2D eigenvalue weighted by Gasteiger charge is -2.45. The molecule has 278 valence electrons. The molecule has 2 aliphatic heterocycles. The quantitative estimate of drug-likeness (QED) is 0.0381. The molecule has 15 heteroatoms. The number of carboxylic acids is 1. The van der Waals surface area contributed by atoms with Crippen molar-refractivity contribution >= 4 is 11.9 Å². The Bertz CT molecular complexity index is 1180. The first-order chi connectivity index (χ1) is 23.0. The molecule has 0 aliphatic carbocycles. The van der Waals surface area contributed by atoms with Crippen molar-refractivity contribution in [2.75, 3.05) is 6.61 Å². The summed E-state index contributed by atoms with van der Waals surface area (Å²) in [5, 5.41) is 84.0. The van der Waals surface area contributed by atoms with Gasteiger partial charge >= 0.3 is 11.9 Å². The van der Waals surface area contributed by atoms with Crippen molar-refractivity contribution in [2.45, 2.75) is 120 Å². The fraction of sp³-hybridized carbons (Fsp3) is 0.647. The second-order valence-corrected chi connectivity index (χ2v) is 12.5. The topological polar surface area (TPSA) is 259 Å². The summed E-state index contributed by atoms with van der Waals surface area (Å²) in [6.07, 6.45) is -1.53.